The summed E-state index contributed by atoms with van der Waals surface area (Å²) in [5, 5.41) is 7.90. The van der Waals surface area contributed by atoms with Gasteiger partial charge >= 0.3 is 0 Å². The Bertz CT molecular complexity index is 1840. The zero-order valence-electron chi connectivity index (χ0n) is 25.8. The van der Waals surface area contributed by atoms with Gasteiger partial charge in [-0.25, -0.2) is 19.3 Å². The number of aromatic nitrogens is 5. The third kappa shape index (κ3) is 5.74. The van der Waals surface area contributed by atoms with Crippen LogP contribution in [-0.2, 0) is 22.8 Å². The fraction of sp³-hybridized carbons (Fsp3) is 0.406. The van der Waals surface area contributed by atoms with E-state index < -0.39 is 12.7 Å². The first-order valence-electron chi connectivity index (χ1n) is 14.7. The number of pyridine rings is 1. The van der Waals surface area contributed by atoms with Crippen molar-refractivity contribution in [3.05, 3.63) is 63.9 Å². The van der Waals surface area contributed by atoms with Gasteiger partial charge in [0, 0.05) is 53.8 Å². The number of rotatable bonds is 9. The minimum atomic E-state index is -0.837. The van der Waals surface area contributed by atoms with Crippen molar-refractivity contribution in [1.82, 2.24) is 34.5 Å². The number of carbonyl (C=O) groups excluding carboxylic acids is 3. The second-order valence-electron chi connectivity index (χ2n) is 12.4. The number of hydrogen-bond donors (Lipinski definition) is 1. The molecular weight excluding hydrogens is 643 g/mol. The van der Waals surface area contributed by atoms with Crippen LogP contribution in [0.15, 0.2) is 41.3 Å². The number of carbonyl (C=O) groups is 3. The van der Waals surface area contributed by atoms with Crippen LogP contribution < -0.4 is 5.32 Å². The van der Waals surface area contributed by atoms with E-state index in [-0.39, 0.29) is 46.9 Å². The van der Waals surface area contributed by atoms with Crippen molar-refractivity contribution in [2.45, 2.75) is 58.9 Å². The maximum Gasteiger partial charge on any atom is 0.248 e. The lowest BCUT2D eigenvalue weighted by Crippen LogP contribution is -2.47. The van der Waals surface area contributed by atoms with Gasteiger partial charge in [0.25, 0.3) is 0 Å². The van der Waals surface area contributed by atoms with Crippen LogP contribution in [0.5, 0.6) is 0 Å². The SMILES string of the molecule is CC(=O)c1nn(CC(=O)N2C3C[C@]3(CN(C)C)C[C@H]2C(=O)Nc2nc(Br)ccc2C)c2c(CF)cc(-c3cnc(C)nc3)cc12. The van der Waals surface area contributed by atoms with Crippen LogP contribution >= 0.6 is 15.9 Å². The minimum Gasteiger partial charge on any atom is -0.325 e. The number of ketones is 1. The average Bonchev–Trinajstić information content (AvgIpc) is 3.38. The third-order valence-corrected chi connectivity index (χ3v) is 9.19. The van der Waals surface area contributed by atoms with Gasteiger partial charge in [-0.05, 0) is 86.0 Å². The number of Topliss-reactive ketones (excluding diaryl/α,β-unsaturated/α-hetero) is 1. The summed E-state index contributed by atoms with van der Waals surface area (Å²) >= 11 is 3.36. The van der Waals surface area contributed by atoms with Crippen LogP contribution in [0.4, 0.5) is 10.2 Å². The predicted molar refractivity (Wildman–Crippen MR) is 170 cm³/mol. The van der Waals surface area contributed by atoms with Crippen molar-refractivity contribution < 1.29 is 18.8 Å². The highest BCUT2D eigenvalue weighted by molar-refractivity contribution is 9.10. The molecule has 45 heavy (non-hydrogen) atoms. The molecule has 1 aliphatic carbocycles. The van der Waals surface area contributed by atoms with Crippen molar-refractivity contribution in [2.24, 2.45) is 5.41 Å². The summed E-state index contributed by atoms with van der Waals surface area (Å²) in [4.78, 5) is 57.3. The molecule has 11 nitrogen and oxygen atoms in total. The van der Waals surface area contributed by atoms with Crippen LogP contribution in [0.2, 0.25) is 0 Å². The van der Waals surface area contributed by atoms with Crippen LogP contribution in [-0.4, -0.2) is 84.9 Å². The Hall–Kier alpha value is -4.10. The van der Waals surface area contributed by atoms with E-state index in [2.05, 4.69) is 46.2 Å². The number of nitrogens with zero attached hydrogens (tertiary/aromatic N) is 7. The van der Waals surface area contributed by atoms with E-state index in [4.69, 9.17) is 0 Å². The monoisotopic (exact) mass is 676 g/mol. The fourth-order valence-electron chi connectivity index (χ4n) is 6.70. The molecule has 2 amide bonds. The third-order valence-electron chi connectivity index (χ3n) is 8.74. The maximum atomic E-state index is 14.6. The lowest BCUT2D eigenvalue weighted by atomic mass is 9.98. The van der Waals surface area contributed by atoms with E-state index in [0.717, 1.165) is 18.5 Å². The standard InChI is InChI=1S/C32H34BrFN8O3/c1-17-6-7-26(33)37-30(17)38-31(45)24-10-32(16-40(4)5)11-25(32)42(24)27(44)15-41-29-21(12-34)8-20(22-13-35-19(3)36-14-22)9-23(29)28(39-41)18(2)43/h6-9,13-14,24-25H,10-12,15-16H2,1-5H3,(H,37,38,45)/t24-,25?,32-/m0/s1. The van der Waals surface area contributed by atoms with Gasteiger partial charge in [-0.2, -0.15) is 5.10 Å². The van der Waals surface area contributed by atoms with Crippen LogP contribution in [0, 0.1) is 19.3 Å². The van der Waals surface area contributed by atoms with Gasteiger partial charge in [0.1, 0.15) is 41.2 Å². The first kappa shape index (κ1) is 30.9. The molecular formula is C32H34BrFN8O3. The largest absolute Gasteiger partial charge is 0.325 e. The number of anilines is 1. The minimum absolute atomic E-state index is 0.123. The normalized spacial score (nSPS) is 20.5. The summed E-state index contributed by atoms with van der Waals surface area (Å²) in [6.45, 7) is 4.66. The van der Waals surface area contributed by atoms with Crippen LogP contribution in [0.3, 0.4) is 0 Å². The molecule has 2 aliphatic rings. The van der Waals surface area contributed by atoms with E-state index >= 15 is 0 Å². The van der Waals surface area contributed by atoms with Crippen molar-refractivity contribution in [2.75, 3.05) is 26.0 Å². The molecule has 2 fully saturated rings. The first-order chi connectivity index (χ1) is 21.4. The number of halogens is 2. The molecule has 1 unspecified atom stereocenters. The highest BCUT2D eigenvalue weighted by Gasteiger charge is 2.67. The molecule has 4 aromatic rings. The molecule has 1 saturated heterocycles. The van der Waals surface area contributed by atoms with Gasteiger partial charge in [-0.3, -0.25) is 19.1 Å². The Labute approximate surface area is 268 Å². The summed E-state index contributed by atoms with van der Waals surface area (Å²) in [6.07, 6.45) is 4.58. The number of amides is 2. The zero-order chi connectivity index (χ0) is 32.2. The molecule has 3 atom stereocenters. The molecule has 0 bridgehead atoms. The molecule has 0 radical (unpaired) electrons. The Balaban J connectivity index is 1.36. The lowest BCUT2D eigenvalue weighted by Gasteiger charge is -2.27. The predicted octanol–water partition coefficient (Wildman–Crippen LogP) is 4.50. The summed E-state index contributed by atoms with van der Waals surface area (Å²) in [6, 6.07) is 6.23. The number of piperidine rings is 1. The van der Waals surface area contributed by atoms with E-state index in [1.165, 1.54) is 11.6 Å². The van der Waals surface area contributed by atoms with Gasteiger partial charge in [-0.15, -0.1) is 0 Å². The fourth-order valence-corrected chi connectivity index (χ4v) is 7.01. The molecule has 1 saturated carbocycles. The molecule has 3 aromatic heterocycles. The maximum absolute atomic E-state index is 14.6. The number of nitrogens with one attached hydrogen (secondary N) is 1. The van der Waals surface area contributed by atoms with Crippen LogP contribution in [0.25, 0.3) is 22.0 Å². The van der Waals surface area contributed by atoms with Crippen molar-refractivity contribution >= 4 is 50.2 Å². The van der Waals surface area contributed by atoms with E-state index in [1.807, 2.05) is 27.1 Å². The Morgan fingerprint density at radius 3 is 2.51 bits per heavy atom. The van der Waals surface area contributed by atoms with E-state index in [1.54, 1.807) is 42.4 Å². The summed E-state index contributed by atoms with van der Waals surface area (Å²) < 4.78 is 16.6. The van der Waals surface area contributed by atoms with Gasteiger partial charge in [0.15, 0.2) is 5.78 Å². The second kappa shape index (κ2) is 11.7. The van der Waals surface area contributed by atoms with E-state index in [0.29, 0.717) is 44.7 Å². The first-order valence-corrected chi connectivity index (χ1v) is 15.5. The summed E-state index contributed by atoms with van der Waals surface area (Å²) in [5.74, 6) is 0.0823. The summed E-state index contributed by atoms with van der Waals surface area (Å²) in [7, 11) is 3.96. The Kier molecular flexibility index (Phi) is 8.02. The topological polar surface area (TPSA) is 126 Å². The number of alkyl halides is 1. The highest BCUT2D eigenvalue weighted by atomic mass is 79.9. The number of benzene rings is 1. The zero-order valence-corrected chi connectivity index (χ0v) is 27.4. The van der Waals surface area contributed by atoms with Crippen molar-refractivity contribution in [3.63, 3.8) is 0 Å². The number of fused-ring (bicyclic) bond motifs is 2. The molecule has 6 rings (SSSR count). The van der Waals surface area contributed by atoms with Crippen molar-refractivity contribution in [3.8, 4) is 11.1 Å². The van der Waals surface area contributed by atoms with Crippen molar-refractivity contribution in [1.29, 1.82) is 0 Å². The highest BCUT2D eigenvalue weighted by Crippen LogP contribution is 2.60. The van der Waals surface area contributed by atoms with Gasteiger partial charge in [-0.1, -0.05) is 6.07 Å². The molecule has 234 valence electrons. The quantitative estimate of drug-likeness (QED) is 0.203. The summed E-state index contributed by atoms with van der Waals surface area (Å²) in [5.41, 5.74) is 2.71. The number of hydrogen-bond acceptors (Lipinski definition) is 8. The molecule has 0 spiro atoms. The Morgan fingerprint density at radius 1 is 1.11 bits per heavy atom. The molecule has 13 heteroatoms. The molecule has 1 N–H and O–H groups in total. The smallest absolute Gasteiger partial charge is 0.248 e. The number of aryl methyl sites for hydroxylation is 2. The molecule has 4 heterocycles. The van der Waals surface area contributed by atoms with Gasteiger partial charge in [0.05, 0.1) is 5.52 Å². The van der Waals surface area contributed by atoms with Crippen LogP contribution in [0.1, 0.15) is 47.2 Å². The van der Waals surface area contributed by atoms with Gasteiger partial charge in [0.2, 0.25) is 11.8 Å². The lowest BCUT2D eigenvalue weighted by molar-refractivity contribution is -0.138. The molecule has 1 aromatic carbocycles. The van der Waals surface area contributed by atoms with Gasteiger partial charge < -0.3 is 15.1 Å². The number of likely N-dealkylation sites (tertiary alicyclic amines) is 1. The molecule has 1 aliphatic heterocycles. The average molecular weight is 678 g/mol. The van der Waals surface area contributed by atoms with E-state index in [9.17, 15) is 18.8 Å². The second-order valence-corrected chi connectivity index (χ2v) is 13.2. The Morgan fingerprint density at radius 2 is 1.84 bits per heavy atom.